The van der Waals surface area contributed by atoms with E-state index in [1.165, 1.54) is 19.3 Å². The van der Waals surface area contributed by atoms with Gasteiger partial charge < -0.3 is 14.6 Å². The summed E-state index contributed by atoms with van der Waals surface area (Å²) in [5, 5.41) is 9.12. The average molecular weight is 375 g/mol. The maximum absolute atomic E-state index is 13.1. The standard InChI is InChI=1S/C22H34N2O3/c1-15-17(12-20(27)23(4)10-11-25)21-18(13-22(2,3)14-19(21)26)24(15)16-8-6-5-7-9-16/h16,25H,5-14H2,1-4H3. The molecule has 0 spiro atoms. The van der Waals surface area contributed by atoms with E-state index in [1.807, 2.05) is 0 Å². The molecule has 1 aromatic heterocycles. The first-order chi connectivity index (χ1) is 12.7. The molecule has 0 unspecified atom stereocenters. The van der Waals surface area contributed by atoms with E-state index >= 15 is 0 Å². The van der Waals surface area contributed by atoms with Crippen LogP contribution in [0.5, 0.6) is 0 Å². The number of aliphatic hydroxyl groups excluding tert-OH is 1. The SMILES string of the molecule is Cc1c(CC(=O)N(C)CCO)c2c(n1C1CCCCC1)CC(C)(C)CC2=O. The maximum atomic E-state index is 13.1. The number of aromatic nitrogens is 1. The van der Waals surface area contributed by atoms with Crippen LogP contribution in [-0.4, -0.2) is 46.5 Å². The Balaban J connectivity index is 2.04. The van der Waals surface area contributed by atoms with Crippen LogP contribution in [0.3, 0.4) is 0 Å². The first kappa shape index (κ1) is 20.1. The number of Topliss-reactive ketones (excluding diaryl/α,β-unsaturated/α-hetero) is 1. The number of ketones is 1. The molecule has 2 aliphatic carbocycles. The van der Waals surface area contributed by atoms with Crippen LogP contribution in [0, 0.1) is 12.3 Å². The van der Waals surface area contributed by atoms with Crippen molar-refractivity contribution >= 4 is 11.7 Å². The lowest BCUT2D eigenvalue weighted by Gasteiger charge is -2.33. The number of carbonyl (C=O) groups excluding carboxylic acids is 2. The molecule has 1 heterocycles. The summed E-state index contributed by atoms with van der Waals surface area (Å²) in [6.07, 6.45) is 7.78. The van der Waals surface area contributed by atoms with Gasteiger partial charge >= 0.3 is 0 Å². The number of amides is 1. The third kappa shape index (κ3) is 3.98. The van der Waals surface area contributed by atoms with Crippen molar-refractivity contribution in [2.45, 2.75) is 78.2 Å². The maximum Gasteiger partial charge on any atom is 0.226 e. The van der Waals surface area contributed by atoms with Crippen LogP contribution in [0.15, 0.2) is 0 Å². The predicted octanol–water partition coefficient (Wildman–Crippen LogP) is 3.45. The van der Waals surface area contributed by atoms with E-state index in [2.05, 4.69) is 25.3 Å². The Morgan fingerprint density at radius 1 is 1.22 bits per heavy atom. The quantitative estimate of drug-likeness (QED) is 0.859. The number of aliphatic hydroxyl groups is 1. The highest BCUT2D eigenvalue weighted by Gasteiger charge is 2.38. The molecule has 0 bridgehead atoms. The topological polar surface area (TPSA) is 62.5 Å². The molecule has 1 N–H and O–H groups in total. The zero-order valence-corrected chi connectivity index (χ0v) is 17.3. The molecular weight excluding hydrogens is 340 g/mol. The fourth-order valence-corrected chi connectivity index (χ4v) is 4.98. The van der Waals surface area contributed by atoms with Crippen LogP contribution in [-0.2, 0) is 17.6 Å². The second-order valence-electron chi connectivity index (χ2n) is 9.20. The Bertz CT molecular complexity index is 726. The summed E-state index contributed by atoms with van der Waals surface area (Å²) >= 11 is 0. The van der Waals surface area contributed by atoms with Gasteiger partial charge in [0.15, 0.2) is 5.78 Å². The van der Waals surface area contributed by atoms with E-state index in [9.17, 15) is 9.59 Å². The molecule has 1 saturated carbocycles. The summed E-state index contributed by atoms with van der Waals surface area (Å²) in [5.74, 6) is 0.153. The summed E-state index contributed by atoms with van der Waals surface area (Å²) in [4.78, 5) is 27.3. The summed E-state index contributed by atoms with van der Waals surface area (Å²) in [6.45, 7) is 6.70. The number of fused-ring (bicyclic) bond motifs is 1. The number of carbonyl (C=O) groups is 2. The molecular formula is C22H34N2O3. The lowest BCUT2D eigenvalue weighted by molar-refractivity contribution is -0.129. The minimum atomic E-state index is -0.0461. The van der Waals surface area contributed by atoms with Crippen molar-refractivity contribution in [1.82, 2.24) is 9.47 Å². The lowest BCUT2D eigenvalue weighted by Crippen LogP contribution is -2.32. The molecule has 1 fully saturated rings. The fraction of sp³-hybridized carbons (Fsp3) is 0.727. The Hall–Kier alpha value is -1.62. The van der Waals surface area contributed by atoms with E-state index in [0.717, 1.165) is 41.8 Å². The fourth-order valence-electron chi connectivity index (χ4n) is 4.98. The van der Waals surface area contributed by atoms with E-state index in [-0.39, 0.29) is 30.1 Å². The van der Waals surface area contributed by atoms with Crippen molar-refractivity contribution in [2.75, 3.05) is 20.2 Å². The van der Waals surface area contributed by atoms with Crippen molar-refractivity contribution in [3.05, 3.63) is 22.5 Å². The second-order valence-corrected chi connectivity index (χ2v) is 9.20. The van der Waals surface area contributed by atoms with E-state index in [0.29, 0.717) is 19.0 Å². The van der Waals surface area contributed by atoms with Gasteiger partial charge in [-0.15, -0.1) is 0 Å². The number of nitrogens with zero attached hydrogens (tertiary/aromatic N) is 2. The highest BCUT2D eigenvalue weighted by molar-refractivity contribution is 6.01. The van der Waals surface area contributed by atoms with Gasteiger partial charge in [0.05, 0.1) is 13.0 Å². The van der Waals surface area contributed by atoms with Crippen LogP contribution >= 0.6 is 0 Å². The minimum absolute atomic E-state index is 0.0315. The molecule has 5 heteroatoms. The lowest BCUT2D eigenvalue weighted by atomic mass is 9.75. The Labute approximate surface area is 162 Å². The van der Waals surface area contributed by atoms with E-state index < -0.39 is 0 Å². The minimum Gasteiger partial charge on any atom is -0.395 e. The molecule has 27 heavy (non-hydrogen) atoms. The molecule has 3 rings (SSSR count). The Morgan fingerprint density at radius 2 is 1.89 bits per heavy atom. The van der Waals surface area contributed by atoms with Gasteiger partial charge in [-0.1, -0.05) is 33.1 Å². The van der Waals surface area contributed by atoms with Crippen LogP contribution in [0.25, 0.3) is 0 Å². The molecule has 1 amide bonds. The molecule has 5 nitrogen and oxygen atoms in total. The average Bonchev–Trinajstić information content (AvgIpc) is 2.86. The third-order valence-electron chi connectivity index (χ3n) is 6.37. The summed E-state index contributed by atoms with van der Waals surface area (Å²) in [7, 11) is 1.71. The molecule has 0 aromatic carbocycles. The van der Waals surface area contributed by atoms with Crippen LogP contribution in [0.4, 0.5) is 0 Å². The number of hydrogen-bond acceptors (Lipinski definition) is 3. The molecule has 0 saturated heterocycles. The first-order valence-electron chi connectivity index (χ1n) is 10.4. The second kappa shape index (κ2) is 7.78. The monoisotopic (exact) mass is 374 g/mol. The van der Waals surface area contributed by atoms with Crippen LogP contribution < -0.4 is 0 Å². The molecule has 1 aromatic rings. The molecule has 150 valence electrons. The first-order valence-corrected chi connectivity index (χ1v) is 10.4. The summed E-state index contributed by atoms with van der Waals surface area (Å²) < 4.78 is 2.42. The smallest absolute Gasteiger partial charge is 0.226 e. The van der Waals surface area contributed by atoms with Gasteiger partial charge in [-0.05, 0) is 37.2 Å². The molecule has 0 aliphatic heterocycles. The molecule has 0 atom stereocenters. The van der Waals surface area contributed by atoms with Gasteiger partial charge in [-0.2, -0.15) is 0 Å². The van der Waals surface area contributed by atoms with Gasteiger partial charge in [-0.3, -0.25) is 9.59 Å². The highest BCUT2D eigenvalue weighted by Crippen LogP contribution is 2.42. The number of likely N-dealkylation sites (N-methyl/N-ethyl adjacent to an activating group) is 1. The summed E-state index contributed by atoms with van der Waals surface area (Å²) in [5.41, 5.74) is 3.97. The summed E-state index contributed by atoms with van der Waals surface area (Å²) in [6, 6.07) is 0.452. The van der Waals surface area contributed by atoms with Crippen molar-refractivity contribution in [3.8, 4) is 0 Å². The highest BCUT2D eigenvalue weighted by atomic mass is 16.3. The third-order valence-corrected chi connectivity index (χ3v) is 6.37. The zero-order valence-electron chi connectivity index (χ0n) is 17.3. The van der Waals surface area contributed by atoms with E-state index in [1.54, 1.807) is 11.9 Å². The van der Waals surface area contributed by atoms with E-state index in [4.69, 9.17) is 5.11 Å². The van der Waals surface area contributed by atoms with Gasteiger partial charge in [-0.25, -0.2) is 0 Å². The Kier molecular flexibility index (Phi) is 5.80. The number of hydrogen-bond donors (Lipinski definition) is 1. The van der Waals surface area contributed by atoms with Crippen molar-refractivity contribution < 1.29 is 14.7 Å². The van der Waals surface area contributed by atoms with Gasteiger partial charge in [0.2, 0.25) is 5.91 Å². The molecule has 2 aliphatic rings. The van der Waals surface area contributed by atoms with Gasteiger partial charge in [0.1, 0.15) is 0 Å². The van der Waals surface area contributed by atoms with Gasteiger partial charge in [0.25, 0.3) is 0 Å². The predicted molar refractivity (Wildman–Crippen MR) is 106 cm³/mol. The normalized spacial score (nSPS) is 19.8. The van der Waals surface area contributed by atoms with Crippen LogP contribution in [0.1, 0.15) is 85.7 Å². The number of rotatable bonds is 5. The molecule has 0 radical (unpaired) electrons. The van der Waals surface area contributed by atoms with Crippen molar-refractivity contribution in [1.29, 1.82) is 0 Å². The van der Waals surface area contributed by atoms with Crippen molar-refractivity contribution in [2.24, 2.45) is 5.41 Å². The van der Waals surface area contributed by atoms with Crippen molar-refractivity contribution in [3.63, 3.8) is 0 Å². The van der Waals surface area contributed by atoms with Crippen LogP contribution in [0.2, 0.25) is 0 Å². The van der Waals surface area contributed by atoms with Gasteiger partial charge in [0, 0.05) is 43.0 Å². The zero-order chi connectivity index (χ0) is 19.8. The largest absolute Gasteiger partial charge is 0.395 e. The Morgan fingerprint density at radius 3 is 2.52 bits per heavy atom.